The fourth-order valence-electron chi connectivity index (χ4n) is 8.30. The molecule has 0 unspecified atom stereocenters. The molecule has 52 heavy (non-hydrogen) atoms. The van der Waals surface area contributed by atoms with Gasteiger partial charge in [0, 0.05) is 34.6 Å². The summed E-state index contributed by atoms with van der Waals surface area (Å²) in [6, 6.07) is 51.4. The van der Waals surface area contributed by atoms with E-state index in [1.807, 2.05) is 61.8 Å². The summed E-state index contributed by atoms with van der Waals surface area (Å²) >= 11 is 0. The lowest BCUT2D eigenvalue weighted by molar-refractivity contribution is 0.436. The lowest BCUT2D eigenvalue weighted by atomic mass is 9.66. The summed E-state index contributed by atoms with van der Waals surface area (Å²) in [6.45, 7) is 4.05. The number of ether oxygens (including phenoxy) is 1. The van der Waals surface area contributed by atoms with Gasteiger partial charge < -0.3 is 4.74 Å². The van der Waals surface area contributed by atoms with Crippen LogP contribution in [0.1, 0.15) is 33.6 Å². The van der Waals surface area contributed by atoms with Gasteiger partial charge in [-0.15, -0.1) is 0 Å². The van der Waals surface area contributed by atoms with Crippen molar-refractivity contribution in [1.29, 1.82) is 0 Å². The third-order valence-electron chi connectivity index (χ3n) is 10.5. The van der Waals surface area contributed by atoms with E-state index in [0.717, 1.165) is 67.1 Å². The quantitative estimate of drug-likeness (QED) is 0.187. The van der Waals surface area contributed by atoms with Crippen LogP contribution in [-0.2, 0) is 5.41 Å². The molecule has 0 N–H and O–H groups in total. The number of para-hydroxylation sites is 2. The largest absolute Gasteiger partial charge is 0.457 e. The minimum absolute atomic E-state index is 0.620. The van der Waals surface area contributed by atoms with Crippen molar-refractivity contribution in [2.24, 2.45) is 0 Å². The van der Waals surface area contributed by atoms with Gasteiger partial charge >= 0.3 is 0 Å². The molecular weight excluding hydrogens is 637 g/mol. The number of aromatic nitrogens is 4. The molecule has 2 aromatic heterocycles. The van der Waals surface area contributed by atoms with Gasteiger partial charge in [0.2, 0.25) is 0 Å². The maximum atomic E-state index is 6.61. The smallest absolute Gasteiger partial charge is 0.164 e. The van der Waals surface area contributed by atoms with Gasteiger partial charge in [0.25, 0.3) is 0 Å². The Kier molecular flexibility index (Phi) is 6.77. The second-order valence-electron chi connectivity index (χ2n) is 13.5. The number of fused-ring (bicyclic) bond motifs is 9. The molecule has 8 aromatic rings. The highest BCUT2D eigenvalue weighted by molar-refractivity contribution is 5.97. The van der Waals surface area contributed by atoms with Gasteiger partial charge in [-0.2, -0.15) is 0 Å². The molecule has 1 aliphatic carbocycles. The molecule has 3 heterocycles. The first-order valence-corrected chi connectivity index (χ1v) is 17.5. The Hall–Kier alpha value is -6.72. The van der Waals surface area contributed by atoms with Crippen molar-refractivity contribution in [3.05, 3.63) is 192 Å². The van der Waals surface area contributed by atoms with E-state index in [1.54, 1.807) is 0 Å². The summed E-state index contributed by atoms with van der Waals surface area (Å²) in [4.78, 5) is 19.2. The molecule has 6 aromatic carbocycles. The molecule has 0 radical (unpaired) electrons. The first kappa shape index (κ1) is 30.1. The Morgan fingerprint density at radius 1 is 0.462 bits per heavy atom. The van der Waals surface area contributed by atoms with Gasteiger partial charge in [-0.3, -0.25) is 4.98 Å². The molecule has 0 atom stereocenters. The first-order chi connectivity index (χ1) is 25.6. The van der Waals surface area contributed by atoms with E-state index >= 15 is 0 Å². The van der Waals surface area contributed by atoms with Gasteiger partial charge in [0.15, 0.2) is 11.6 Å². The average molecular weight is 669 g/mol. The molecule has 0 fully saturated rings. The van der Waals surface area contributed by atoms with E-state index in [0.29, 0.717) is 17.5 Å². The van der Waals surface area contributed by atoms with Crippen LogP contribution in [0.2, 0.25) is 0 Å². The van der Waals surface area contributed by atoms with Crippen molar-refractivity contribution < 1.29 is 4.74 Å². The van der Waals surface area contributed by atoms with Crippen LogP contribution in [0.15, 0.2) is 158 Å². The number of hydrogen-bond acceptors (Lipinski definition) is 5. The van der Waals surface area contributed by atoms with Crippen LogP contribution in [-0.4, -0.2) is 19.9 Å². The zero-order valence-electron chi connectivity index (χ0n) is 28.7. The maximum absolute atomic E-state index is 6.61. The third-order valence-corrected chi connectivity index (χ3v) is 10.5. The Labute approximate surface area is 302 Å². The number of pyridine rings is 1. The minimum Gasteiger partial charge on any atom is -0.457 e. The highest BCUT2D eigenvalue weighted by Crippen LogP contribution is 2.63. The molecule has 1 aliphatic heterocycles. The fourth-order valence-corrected chi connectivity index (χ4v) is 8.30. The minimum atomic E-state index is -0.620. The molecule has 0 amide bonds. The van der Waals surface area contributed by atoms with Crippen LogP contribution in [0.4, 0.5) is 0 Å². The van der Waals surface area contributed by atoms with Gasteiger partial charge in [-0.05, 0) is 94.3 Å². The SMILES string of the molecule is Cc1nc(-c2ccccc2)nc(-c2cccc3c2-c2cc(-c4cccc(-c5ccncc5C)c4)ccc2C32c3ccccc3Oc3ccccc32)n1. The highest BCUT2D eigenvalue weighted by Gasteiger charge is 2.51. The number of aryl methyl sites for hydroxylation is 2. The molecule has 5 nitrogen and oxygen atoms in total. The van der Waals surface area contributed by atoms with Gasteiger partial charge in [-0.1, -0.05) is 115 Å². The normalized spacial score (nSPS) is 13.1. The van der Waals surface area contributed by atoms with Crippen molar-refractivity contribution in [1.82, 2.24) is 19.9 Å². The maximum Gasteiger partial charge on any atom is 0.164 e. The summed E-state index contributed by atoms with van der Waals surface area (Å²) in [5.41, 5.74) is 14.0. The van der Waals surface area contributed by atoms with Crippen LogP contribution in [0, 0.1) is 13.8 Å². The van der Waals surface area contributed by atoms with Crippen LogP contribution >= 0.6 is 0 Å². The van der Waals surface area contributed by atoms with E-state index in [9.17, 15) is 0 Å². The Bertz CT molecular complexity index is 2660. The summed E-state index contributed by atoms with van der Waals surface area (Å²) in [5, 5.41) is 0. The van der Waals surface area contributed by atoms with Crippen LogP contribution in [0.3, 0.4) is 0 Å². The topological polar surface area (TPSA) is 60.8 Å². The van der Waals surface area contributed by atoms with Gasteiger partial charge in [0.05, 0.1) is 5.41 Å². The Balaban J connectivity index is 1.27. The Morgan fingerprint density at radius 3 is 1.90 bits per heavy atom. The molecule has 246 valence electrons. The lowest BCUT2D eigenvalue weighted by Crippen LogP contribution is -2.32. The van der Waals surface area contributed by atoms with E-state index in [1.165, 1.54) is 16.7 Å². The molecule has 10 rings (SSSR count). The monoisotopic (exact) mass is 668 g/mol. The summed E-state index contributed by atoms with van der Waals surface area (Å²) in [7, 11) is 0. The van der Waals surface area contributed by atoms with E-state index < -0.39 is 5.41 Å². The summed E-state index contributed by atoms with van der Waals surface area (Å²) in [6.07, 6.45) is 3.78. The predicted molar refractivity (Wildman–Crippen MR) is 206 cm³/mol. The first-order valence-electron chi connectivity index (χ1n) is 17.5. The average Bonchev–Trinajstić information content (AvgIpc) is 3.48. The second-order valence-corrected chi connectivity index (χ2v) is 13.5. The van der Waals surface area contributed by atoms with Crippen molar-refractivity contribution >= 4 is 0 Å². The van der Waals surface area contributed by atoms with Crippen molar-refractivity contribution in [2.45, 2.75) is 19.3 Å². The molecule has 0 saturated carbocycles. The third kappa shape index (κ3) is 4.49. The number of hydrogen-bond donors (Lipinski definition) is 0. The number of benzene rings is 6. The number of nitrogens with zero attached hydrogens (tertiary/aromatic N) is 4. The summed E-state index contributed by atoms with van der Waals surface area (Å²) in [5.74, 6) is 3.70. The van der Waals surface area contributed by atoms with Gasteiger partial charge in [0.1, 0.15) is 17.3 Å². The zero-order chi connectivity index (χ0) is 34.8. The second kappa shape index (κ2) is 11.7. The molecule has 1 spiro atoms. The number of rotatable bonds is 4. The van der Waals surface area contributed by atoms with Crippen molar-refractivity contribution in [3.63, 3.8) is 0 Å². The summed E-state index contributed by atoms with van der Waals surface area (Å²) < 4.78 is 6.61. The van der Waals surface area contributed by atoms with E-state index in [2.05, 4.69) is 115 Å². The lowest BCUT2D eigenvalue weighted by Gasteiger charge is -2.39. The van der Waals surface area contributed by atoms with E-state index in [4.69, 9.17) is 19.7 Å². The van der Waals surface area contributed by atoms with Crippen LogP contribution in [0.5, 0.6) is 11.5 Å². The molecular formula is C47H32N4O. The molecule has 0 bridgehead atoms. The molecule has 0 saturated heterocycles. The highest BCUT2D eigenvalue weighted by atomic mass is 16.5. The van der Waals surface area contributed by atoms with E-state index in [-0.39, 0.29) is 0 Å². The molecule has 5 heteroatoms. The molecule has 2 aliphatic rings. The Morgan fingerprint density at radius 2 is 1.12 bits per heavy atom. The van der Waals surface area contributed by atoms with Crippen molar-refractivity contribution in [2.75, 3.05) is 0 Å². The predicted octanol–water partition coefficient (Wildman–Crippen LogP) is 11.0. The van der Waals surface area contributed by atoms with Gasteiger partial charge in [-0.25, -0.2) is 15.0 Å². The van der Waals surface area contributed by atoms with Crippen molar-refractivity contribution in [3.8, 4) is 67.7 Å². The van der Waals surface area contributed by atoms with Crippen LogP contribution < -0.4 is 4.74 Å². The fraction of sp³-hybridized carbons (Fsp3) is 0.0638. The zero-order valence-corrected chi connectivity index (χ0v) is 28.7. The van der Waals surface area contributed by atoms with Crippen LogP contribution in [0.25, 0.3) is 56.2 Å². The standard InChI is InChI=1S/C47H32N4O/c1-29-28-48-25-24-35(29)34-15-10-14-32(26-34)33-22-23-38-37(27-33)44-36(46-50-30(2)49-45(51-46)31-12-4-3-5-13-31)16-11-19-41(44)47(38)39-17-6-8-20-42(39)52-43-21-9-7-18-40(43)47/h3-28H,1-2H3.